The van der Waals surface area contributed by atoms with Crippen molar-refractivity contribution in [1.82, 2.24) is 5.32 Å². The minimum absolute atomic E-state index is 0.165. The highest BCUT2D eigenvalue weighted by molar-refractivity contribution is 4.65. The van der Waals surface area contributed by atoms with Gasteiger partial charge in [0.25, 0.3) is 0 Å². The Labute approximate surface area is 151 Å². The molecule has 0 saturated heterocycles. The fourth-order valence-corrected chi connectivity index (χ4v) is 3.12. The summed E-state index contributed by atoms with van der Waals surface area (Å²) in [6.07, 6.45) is 15.3. The van der Waals surface area contributed by atoms with Crippen molar-refractivity contribution >= 4 is 0 Å². The van der Waals surface area contributed by atoms with Crippen LogP contribution in [0, 0.1) is 11.8 Å². The van der Waals surface area contributed by atoms with Gasteiger partial charge in [0.05, 0.1) is 6.17 Å². The molecular weight excluding hydrogens is 296 g/mol. The molecule has 0 aromatic carbocycles. The Balaban J connectivity index is 3.45. The van der Waals surface area contributed by atoms with Crippen LogP contribution in [0.1, 0.15) is 90.9 Å². The first-order chi connectivity index (χ1) is 11.6. The molecule has 0 rings (SSSR count). The molecule has 4 nitrogen and oxygen atoms in total. The van der Waals surface area contributed by atoms with Gasteiger partial charge >= 0.3 is 0 Å². The highest BCUT2D eigenvalue weighted by atomic mass is 15.0. The molecule has 24 heavy (non-hydrogen) atoms. The molecule has 0 aliphatic heterocycles. The van der Waals surface area contributed by atoms with Crippen molar-refractivity contribution in [2.45, 2.75) is 97.1 Å². The molecular formula is C20H46N4. The predicted octanol–water partition coefficient (Wildman–Crippen LogP) is 3.73. The van der Waals surface area contributed by atoms with Crippen molar-refractivity contribution in [3.05, 3.63) is 0 Å². The van der Waals surface area contributed by atoms with Crippen LogP contribution in [0.5, 0.6) is 0 Å². The zero-order valence-electron chi connectivity index (χ0n) is 16.6. The predicted molar refractivity (Wildman–Crippen MR) is 108 cm³/mol. The van der Waals surface area contributed by atoms with Gasteiger partial charge in [-0.1, -0.05) is 65.2 Å². The molecule has 146 valence electrons. The Hall–Kier alpha value is -0.160. The maximum atomic E-state index is 6.18. The minimum Gasteiger partial charge on any atom is -0.330 e. The summed E-state index contributed by atoms with van der Waals surface area (Å²) < 4.78 is 0. The lowest BCUT2D eigenvalue weighted by Crippen LogP contribution is -2.39. The molecule has 0 aliphatic carbocycles. The third-order valence-electron chi connectivity index (χ3n) is 5.00. The second-order valence-corrected chi connectivity index (χ2v) is 7.79. The summed E-state index contributed by atoms with van der Waals surface area (Å²) in [6.45, 7) is 7.42. The molecule has 0 heterocycles. The van der Waals surface area contributed by atoms with Gasteiger partial charge in [0.15, 0.2) is 0 Å². The van der Waals surface area contributed by atoms with E-state index >= 15 is 0 Å². The number of hydrogen-bond acceptors (Lipinski definition) is 4. The van der Waals surface area contributed by atoms with E-state index in [0.29, 0.717) is 5.92 Å². The normalized spacial score (nSPS) is 15.4. The van der Waals surface area contributed by atoms with Crippen LogP contribution in [0.3, 0.4) is 0 Å². The first-order valence-corrected chi connectivity index (χ1v) is 10.5. The van der Waals surface area contributed by atoms with Gasteiger partial charge in [-0.25, -0.2) is 0 Å². The molecule has 7 N–H and O–H groups in total. The van der Waals surface area contributed by atoms with E-state index in [1.165, 1.54) is 70.6 Å². The van der Waals surface area contributed by atoms with E-state index in [4.69, 9.17) is 17.2 Å². The summed E-state index contributed by atoms with van der Waals surface area (Å²) >= 11 is 0. The molecule has 0 radical (unpaired) electrons. The van der Waals surface area contributed by atoms with Gasteiger partial charge in [-0.15, -0.1) is 0 Å². The lowest BCUT2D eigenvalue weighted by molar-refractivity contribution is 0.367. The van der Waals surface area contributed by atoms with Crippen LogP contribution in [-0.4, -0.2) is 25.8 Å². The highest BCUT2D eigenvalue weighted by Crippen LogP contribution is 2.17. The summed E-state index contributed by atoms with van der Waals surface area (Å²) in [5.74, 6) is 1.54. The van der Waals surface area contributed by atoms with Gasteiger partial charge in [0.1, 0.15) is 0 Å². The van der Waals surface area contributed by atoms with E-state index in [-0.39, 0.29) is 6.17 Å². The highest BCUT2D eigenvalue weighted by Gasteiger charge is 2.08. The van der Waals surface area contributed by atoms with Crippen LogP contribution < -0.4 is 22.5 Å². The molecule has 0 amide bonds. The second kappa shape index (κ2) is 17.7. The maximum absolute atomic E-state index is 6.18. The Morgan fingerprint density at radius 3 is 1.79 bits per heavy atom. The Kier molecular flexibility index (Phi) is 17.5. The topological polar surface area (TPSA) is 90.1 Å². The molecule has 3 unspecified atom stereocenters. The molecule has 0 bridgehead atoms. The van der Waals surface area contributed by atoms with Crippen LogP contribution in [-0.2, 0) is 0 Å². The van der Waals surface area contributed by atoms with Crippen LogP contribution in [0.25, 0.3) is 0 Å². The number of nitrogens with two attached hydrogens (primary N) is 3. The van der Waals surface area contributed by atoms with E-state index in [1.54, 1.807) is 0 Å². The smallest absolute Gasteiger partial charge is 0.0546 e. The Morgan fingerprint density at radius 2 is 1.12 bits per heavy atom. The van der Waals surface area contributed by atoms with Gasteiger partial charge in [-0.3, -0.25) is 0 Å². The number of rotatable bonds is 18. The van der Waals surface area contributed by atoms with Crippen LogP contribution >= 0.6 is 0 Å². The molecule has 0 fully saturated rings. The van der Waals surface area contributed by atoms with E-state index in [0.717, 1.165) is 32.0 Å². The quantitative estimate of drug-likeness (QED) is 0.226. The van der Waals surface area contributed by atoms with Gasteiger partial charge in [-0.2, -0.15) is 0 Å². The first kappa shape index (κ1) is 23.8. The van der Waals surface area contributed by atoms with Gasteiger partial charge in [-0.05, 0) is 57.2 Å². The summed E-state index contributed by atoms with van der Waals surface area (Å²) in [5, 5.41) is 3.51. The summed E-state index contributed by atoms with van der Waals surface area (Å²) in [5.41, 5.74) is 17.2. The van der Waals surface area contributed by atoms with Crippen molar-refractivity contribution in [2.24, 2.45) is 29.0 Å². The van der Waals surface area contributed by atoms with Crippen molar-refractivity contribution < 1.29 is 0 Å². The molecule has 3 atom stereocenters. The monoisotopic (exact) mass is 342 g/mol. The van der Waals surface area contributed by atoms with Gasteiger partial charge < -0.3 is 22.5 Å². The van der Waals surface area contributed by atoms with Crippen molar-refractivity contribution in [1.29, 1.82) is 0 Å². The maximum Gasteiger partial charge on any atom is 0.0546 e. The molecule has 4 heteroatoms. The van der Waals surface area contributed by atoms with Gasteiger partial charge in [0.2, 0.25) is 0 Å². The SMILES string of the molecule is CC(CCCCN)CCC(C)CNC(N)CCCCCCCCN. The van der Waals surface area contributed by atoms with E-state index < -0.39 is 0 Å². The average Bonchev–Trinajstić information content (AvgIpc) is 2.57. The summed E-state index contributed by atoms with van der Waals surface area (Å²) in [7, 11) is 0. The van der Waals surface area contributed by atoms with E-state index in [2.05, 4.69) is 19.2 Å². The fourth-order valence-electron chi connectivity index (χ4n) is 3.12. The third kappa shape index (κ3) is 16.7. The van der Waals surface area contributed by atoms with Crippen LogP contribution in [0.15, 0.2) is 0 Å². The van der Waals surface area contributed by atoms with Crippen molar-refractivity contribution in [3.63, 3.8) is 0 Å². The Bertz CT molecular complexity index is 248. The molecule has 0 aliphatic rings. The number of nitrogens with one attached hydrogen (secondary N) is 1. The third-order valence-corrected chi connectivity index (χ3v) is 5.00. The zero-order valence-corrected chi connectivity index (χ0v) is 16.6. The largest absolute Gasteiger partial charge is 0.330 e. The fraction of sp³-hybridized carbons (Fsp3) is 1.00. The van der Waals surface area contributed by atoms with E-state index in [9.17, 15) is 0 Å². The Morgan fingerprint density at radius 1 is 0.625 bits per heavy atom. The van der Waals surface area contributed by atoms with Gasteiger partial charge in [0, 0.05) is 0 Å². The van der Waals surface area contributed by atoms with Crippen LogP contribution in [0.2, 0.25) is 0 Å². The first-order valence-electron chi connectivity index (χ1n) is 10.5. The minimum atomic E-state index is 0.165. The summed E-state index contributed by atoms with van der Waals surface area (Å²) in [4.78, 5) is 0. The van der Waals surface area contributed by atoms with Crippen LogP contribution in [0.4, 0.5) is 0 Å². The second-order valence-electron chi connectivity index (χ2n) is 7.79. The molecule has 0 aromatic heterocycles. The van der Waals surface area contributed by atoms with Crippen molar-refractivity contribution in [2.75, 3.05) is 19.6 Å². The average molecular weight is 343 g/mol. The number of unbranched alkanes of at least 4 members (excludes halogenated alkanes) is 6. The lowest BCUT2D eigenvalue weighted by atomic mass is 9.94. The summed E-state index contributed by atoms with van der Waals surface area (Å²) in [6, 6.07) is 0. The zero-order chi connectivity index (χ0) is 18.0. The lowest BCUT2D eigenvalue weighted by Gasteiger charge is -2.19. The number of hydrogen-bond donors (Lipinski definition) is 4. The molecule has 0 saturated carbocycles. The van der Waals surface area contributed by atoms with Crippen molar-refractivity contribution in [3.8, 4) is 0 Å². The van der Waals surface area contributed by atoms with E-state index in [1.807, 2.05) is 0 Å². The molecule has 0 spiro atoms. The molecule has 0 aromatic rings. The standard InChI is InChI=1S/C20H46N4/c1-18(11-8-10-16-22)13-14-19(2)17-24-20(23)12-7-5-3-4-6-9-15-21/h18-20,24H,3-17,21-23H2,1-2H3.